The van der Waals surface area contributed by atoms with E-state index in [1.165, 1.54) is 32.1 Å². The van der Waals surface area contributed by atoms with Crippen molar-refractivity contribution in [3.8, 4) is 0 Å². The molecule has 0 N–H and O–H groups in total. The molecule has 0 heterocycles. The fraction of sp³-hybridized carbons (Fsp3) is 0.643. The Hall–Kier alpha value is -0.850. The van der Waals surface area contributed by atoms with Gasteiger partial charge in [0, 0.05) is 6.42 Å². The maximum Gasteiger partial charge on any atom is 0.155 e. The van der Waals surface area contributed by atoms with E-state index in [-0.39, 0.29) is 0 Å². The van der Waals surface area contributed by atoms with Gasteiger partial charge >= 0.3 is 0 Å². The first-order valence-electron chi connectivity index (χ1n) is 6.24. The molecule has 0 saturated carbocycles. The van der Waals surface area contributed by atoms with Gasteiger partial charge < -0.3 is 0 Å². The van der Waals surface area contributed by atoms with Gasteiger partial charge in [-0.05, 0) is 44.6 Å². The van der Waals surface area contributed by atoms with E-state index in [0.29, 0.717) is 12.2 Å². The molecule has 0 aromatic rings. The van der Waals surface area contributed by atoms with Gasteiger partial charge in [-0.2, -0.15) is 0 Å². The molecule has 0 radical (unpaired) electrons. The third-order valence-corrected chi connectivity index (χ3v) is 2.76. The summed E-state index contributed by atoms with van der Waals surface area (Å²) in [5.41, 5.74) is 0. The molecule has 0 aromatic heterocycles. The molecule has 0 unspecified atom stereocenters. The van der Waals surface area contributed by atoms with E-state index in [9.17, 15) is 4.79 Å². The Bertz CT molecular complexity index is 225. The van der Waals surface area contributed by atoms with Crippen molar-refractivity contribution in [1.82, 2.24) is 0 Å². The molecule has 1 rings (SSSR count). The largest absolute Gasteiger partial charge is 0.295 e. The van der Waals surface area contributed by atoms with Crippen LogP contribution in [0.3, 0.4) is 0 Å². The van der Waals surface area contributed by atoms with Crippen LogP contribution in [0.15, 0.2) is 24.3 Å². The molecule has 0 atom stereocenters. The average molecular weight is 206 g/mol. The standard InChI is InChI=1S/C14H22O/c15-14-12-10-8-6-4-2-1-3-5-7-9-11-13-14/h4,6,11,13H,1-3,5,7-10,12H2/b6-4-,13-11+. The number of rotatable bonds is 0. The highest BCUT2D eigenvalue weighted by Crippen LogP contribution is 2.08. The first kappa shape index (κ1) is 12.2. The molecular weight excluding hydrogens is 184 g/mol. The number of carbonyl (C=O) groups excluding carboxylic acids is 1. The van der Waals surface area contributed by atoms with Crippen LogP contribution in [0.5, 0.6) is 0 Å². The summed E-state index contributed by atoms with van der Waals surface area (Å²) in [7, 11) is 0. The van der Waals surface area contributed by atoms with Crippen LogP contribution in [-0.4, -0.2) is 5.78 Å². The monoisotopic (exact) mass is 206 g/mol. The van der Waals surface area contributed by atoms with E-state index in [1.54, 1.807) is 6.08 Å². The molecule has 1 aliphatic carbocycles. The van der Waals surface area contributed by atoms with Gasteiger partial charge in [0.1, 0.15) is 0 Å². The number of allylic oxidation sites excluding steroid dienone is 4. The van der Waals surface area contributed by atoms with Gasteiger partial charge in [-0.3, -0.25) is 4.79 Å². The Morgan fingerprint density at radius 2 is 1.33 bits per heavy atom. The lowest BCUT2D eigenvalue weighted by Crippen LogP contribution is -1.91. The highest BCUT2D eigenvalue weighted by molar-refractivity contribution is 5.89. The molecule has 0 saturated heterocycles. The normalized spacial score (nSPS) is 25.5. The number of ketones is 1. The first-order valence-corrected chi connectivity index (χ1v) is 6.24. The predicted octanol–water partition coefficient (Wildman–Crippen LogP) is 4.19. The highest BCUT2D eigenvalue weighted by atomic mass is 16.1. The van der Waals surface area contributed by atoms with Gasteiger partial charge in [0.25, 0.3) is 0 Å². The maximum atomic E-state index is 11.3. The Morgan fingerprint density at radius 1 is 0.733 bits per heavy atom. The van der Waals surface area contributed by atoms with Gasteiger partial charge in [0.2, 0.25) is 0 Å². The van der Waals surface area contributed by atoms with Gasteiger partial charge in [-0.25, -0.2) is 0 Å². The lowest BCUT2D eigenvalue weighted by molar-refractivity contribution is -0.114. The third kappa shape index (κ3) is 7.12. The van der Waals surface area contributed by atoms with E-state index in [2.05, 4.69) is 12.2 Å². The zero-order valence-corrected chi connectivity index (χ0v) is 9.58. The van der Waals surface area contributed by atoms with Crippen LogP contribution in [0.1, 0.15) is 57.8 Å². The summed E-state index contributed by atoms with van der Waals surface area (Å²) in [6.07, 6.45) is 18.5. The third-order valence-electron chi connectivity index (χ3n) is 2.76. The lowest BCUT2D eigenvalue weighted by atomic mass is 10.1. The number of carbonyl (C=O) groups is 1. The SMILES string of the molecule is O=C1/C=C/CCCCCC/C=C\CCC1. The van der Waals surface area contributed by atoms with Crippen molar-refractivity contribution in [2.24, 2.45) is 0 Å². The van der Waals surface area contributed by atoms with Crippen LogP contribution in [0.25, 0.3) is 0 Å². The topological polar surface area (TPSA) is 17.1 Å². The number of hydrogen-bond donors (Lipinski definition) is 0. The summed E-state index contributed by atoms with van der Waals surface area (Å²) in [5, 5.41) is 0. The Labute approximate surface area is 93.3 Å². The van der Waals surface area contributed by atoms with E-state index >= 15 is 0 Å². The molecule has 0 bridgehead atoms. The summed E-state index contributed by atoms with van der Waals surface area (Å²) < 4.78 is 0. The predicted molar refractivity (Wildman–Crippen MR) is 64.8 cm³/mol. The van der Waals surface area contributed by atoms with Crippen molar-refractivity contribution in [1.29, 1.82) is 0 Å². The summed E-state index contributed by atoms with van der Waals surface area (Å²) in [4.78, 5) is 11.3. The summed E-state index contributed by atoms with van der Waals surface area (Å²) in [6, 6.07) is 0. The average Bonchev–Trinajstić information content (AvgIpc) is 2.24. The molecule has 84 valence electrons. The van der Waals surface area contributed by atoms with Crippen molar-refractivity contribution >= 4 is 5.78 Å². The molecule has 0 fully saturated rings. The van der Waals surface area contributed by atoms with Crippen molar-refractivity contribution in [2.45, 2.75) is 57.8 Å². The van der Waals surface area contributed by atoms with Crippen LogP contribution >= 0.6 is 0 Å². The minimum atomic E-state index is 0.292. The van der Waals surface area contributed by atoms with Crippen molar-refractivity contribution in [2.75, 3.05) is 0 Å². The molecule has 0 aromatic carbocycles. The van der Waals surface area contributed by atoms with Crippen molar-refractivity contribution in [3.05, 3.63) is 24.3 Å². The zero-order valence-electron chi connectivity index (χ0n) is 9.58. The quantitative estimate of drug-likeness (QED) is 0.543. The van der Waals surface area contributed by atoms with Crippen LogP contribution in [0, 0.1) is 0 Å². The van der Waals surface area contributed by atoms with Crippen LogP contribution in [0.2, 0.25) is 0 Å². The van der Waals surface area contributed by atoms with Gasteiger partial charge in [0.05, 0.1) is 0 Å². The summed E-state index contributed by atoms with van der Waals surface area (Å²) in [6.45, 7) is 0. The molecule has 0 aliphatic heterocycles. The van der Waals surface area contributed by atoms with Crippen LogP contribution in [-0.2, 0) is 4.79 Å². The van der Waals surface area contributed by atoms with E-state index < -0.39 is 0 Å². The maximum absolute atomic E-state index is 11.3. The smallest absolute Gasteiger partial charge is 0.155 e. The van der Waals surface area contributed by atoms with Gasteiger partial charge in [0.15, 0.2) is 5.78 Å². The van der Waals surface area contributed by atoms with E-state index in [4.69, 9.17) is 0 Å². The fourth-order valence-electron chi connectivity index (χ4n) is 1.81. The minimum Gasteiger partial charge on any atom is -0.295 e. The second-order valence-electron chi connectivity index (χ2n) is 4.22. The second kappa shape index (κ2) is 8.46. The summed E-state index contributed by atoms with van der Waals surface area (Å²) >= 11 is 0. The molecule has 0 spiro atoms. The van der Waals surface area contributed by atoms with Crippen molar-refractivity contribution in [3.63, 3.8) is 0 Å². The molecule has 1 heteroatoms. The molecule has 0 amide bonds. The Morgan fingerprint density at radius 3 is 2.07 bits per heavy atom. The highest BCUT2D eigenvalue weighted by Gasteiger charge is 1.95. The molecule has 15 heavy (non-hydrogen) atoms. The van der Waals surface area contributed by atoms with E-state index in [1.807, 2.05) is 6.08 Å². The summed E-state index contributed by atoms with van der Waals surface area (Å²) in [5.74, 6) is 0.292. The Kier molecular flexibility index (Phi) is 6.89. The molecule has 1 nitrogen and oxygen atoms in total. The van der Waals surface area contributed by atoms with Crippen LogP contribution in [0.4, 0.5) is 0 Å². The second-order valence-corrected chi connectivity index (χ2v) is 4.22. The van der Waals surface area contributed by atoms with Gasteiger partial charge in [-0.15, -0.1) is 0 Å². The molecule has 1 aliphatic rings. The molecular formula is C14H22O. The van der Waals surface area contributed by atoms with Gasteiger partial charge in [-0.1, -0.05) is 31.1 Å². The Balaban J connectivity index is 2.30. The lowest BCUT2D eigenvalue weighted by Gasteiger charge is -1.99. The fourth-order valence-corrected chi connectivity index (χ4v) is 1.81. The first-order chi connectivity index (χ1) is 7.39. The zero-order chi connectivity index (χ0) is 10.8. The minimum absolute atomic E-state index is 0.292. The number of hydrogen-bond acceptors (Lipinski definition) is 1. The van der Waals surface area contributed by atoms with E-state index in [0.717, 1.165) is 19.3 Å². The van der Waals surface area contributed by atoms with Crippen LogP contribution < -0.4 is 0 Å². The van der Waals surface area contributed by atoms with Crippen molar-refractivity contribution < 1.29 is 4.79 Å².